The number of thiocarbonyl (C=S) groups is 1. The first-order valence-electron chi connectivity index (χ1n) is 7.38. The maximum atomic E-state index is 12.1. The van der Waals surface area contributed by atoms with E-state index in [1.54, 1.807) is 6.92 Å². The lowest BCUT2D eigenvalue weighted by molar-refractivity contribution is -0.134. The largest absolute Gasteiger partial charge is 0.393 e. The van der Waals surface area contributed by atoms with Gasteiger partial charge in [-0.2, -0.15) is 0 Å². The molecule has 2 saturated heterocycles. The van der Waals surface area contributed by atoms with E-state index in [4.69, 9.17) is 18.0 Å². The van der Waals surface area contributed by atoms with Crippen LogP contribution in [-0.2, 0) is 4.79 Å². The highest BCUT2D eigenvalue weighted by Crippen LogP contribution is 2.21. The summed E-state index contributed by atoms with van der Waals surface area (Å²) in [6, 6.07) is 0. The van der Waals surface area contributed by atoms with E-state index in [1.165, 1.54) is 32.5 Å². The summed E-state index contributed by atoms with van der Waals surface area (Å²) in [7, 11) is 0. The third-order valence-corrected chi connectivity index (χ3v) is 4.79. The Hall–Kier alpha value is -0.680. The van der Waals surface area contributed by atoms with Crippen LogP contribution < -0.4 is 5.73 Å². The zero-order valence-corrected chi connectivity index (χ0v) is 12.6. The average molecular weight is 283 g/mol. The number of piperidine rings is 1. The zero-order chi connectivity index (χ0) is 13.8. The smallest absolute Gasteiger partial charge is 0.232 e. The molecule has 2 N–H and O–H groups in total. The maximum Gasteiger partial charge on any atom is 0.232 e. The van der Waals surface area contributed by atoms with Gasteiger partial charge >= 0.3 is 0 Å². The van der Waals surface area contributed by atoms with Crippen molar-refractivity contribution in [1.82, 2.24) is 9.80 Å². The summed E-state index contributed by atoms with van der Waals surface area (Å²) < 4.78 is 0. The van der Waals surface area contributed by atoms with Crippen LogP contribution >= 0.6 is 12.2 Å². The fourth-order valence-corrected chi connectivity index (χ4v) is 3.16. The van der Waals surface area contributed by atoms with Gasteiger partial charge in [0.05, 0.1) is 10.9 Å². The lowest BCUT2D eigenvalue weighted by atomic mass is 9.95. The fourth-order valence-electron chi connectivity index (χ4n) is 3.06. The monoisotopic (exact) mass is 283 g/mol. The van der Waals surface area contributed by atoms with Gasteiger partial charge in [0.25, 0.3) is 0 Å². The lowest BCUT2D eigenvalue weighted by Gasteiger charge is -2.35. The third kappa shape index (κ3) is 3.89. The van der Waals surface area contributed by atoms with Crippen LogP contribution in [0.25, 0.3) is 0 Å². The summed E-state index contributed by atoms with van der Waals surface area (Å²) in [6.07, 6.45) is 4.93. The quantitative estimate of drug-likeness (QED) is 0.789. The topological polar surface area (TPSA) is 49.6 Å². The molecule has 0 spiro atoms. The molecule has 2 rings (SSSR count). The molecule has 0 saturated carbocycles. The summed E-state index contributed by atoms with van der Waals surface area (Å²) >= 11 is 4.91. The summed E-state index contributed by atoms with van der Waals surface area (Å²) in [4.78, 5) is 17.0. The van der Waals surface area contributed by atoms with Gasteiger partial charge in [0.2, 0.25) is 5.91 Å². The Bertz CT molecular complexity index is 334. The molecule has 0 bridgehead atoms. The number of nitrogens with two attached hydrogens (primary N) is 1. The summed E-state index contributed by atoms with van der Waals surface area (Å²) in [5.74, 6) is 0.541. The SMILES string of the molecule is CC(C(=O)N1CCC(CN2CCCC2)CC1)C(N)=S. The van der Waals surface area contributed by atoms with E-state index in [2.05, 4.69) is 4.90 Å². The number of amides is 1. The molecule has 0 aromatic carbocycles. The number of nitrogens with zero attached hydrogens (tertiary/aromatic N) is 2. The van der Waals surface area contributed by atoms with Crippen LogP contribution in [0.5, 0.6) is 0 Å². The second-order valence-electron chi connectivity index (χ2n) is 5.90. The van der Waals surface area contributed by atoms with E-state index in [-0.39, 0.29) is 11.8 Å². The van der Waals surface area contributed by atoms with Gasteiger partial charge in [0.15, 0.2) is 0 Å². The van der Waals surface area contributed by atoms with E-state index < -0.39 is 0 Å². The van der Waals surface area contributed by atoms with Gasteiger partial charge < -0.3 is 15.5 Å². The highest BCUT2D eigenvalue weighted by atomic mass is 32.1. The van der Waals surface area contributed by atoms with Crippen molar-refractivity contribution in [2.24, 2.45) is 17.6 Å². The van der Waals surface area contributed by atoms with Crippen LogP contribution in [0.1, 0.15) is 32.6 Å². The number of hydrogen-bond donors (Lipinski definition) is 1. The molecule has 5 heteroatoms. The molecule has 0 aliphatic carbocycles. The summed E-state index contributed by atoms with van der Waals surface area (Å²) in [5, 5.41) is 0. The first-order valence-corrected chi connectivity index (χ1v) is 7.79. The minimum Gasteiger partial charge on any atom is -0.393 e. The molecular formula is C14H25N3OS. The molecule has 1 amide bonds. The normalized spacial score (nSPS) is 23.5. The highest BCUT2D eigenvalue weighted by molar-refractivity contribution is 7.80. The molecule has 2 heterocycles. The predicted octanol–water partition coefficient (Wildman–Crippen LogP) is 1.24. The fraction of sp³-hybridized carbons (Fsp3) is 0.857. The first kappa shape index (κ1) is 14.7. The van der Waals surface area contributed by atoms with Crippen molar-refractivity contribution in [2.75, 3.05) is 32.7 Å². The molecule has 1 atom stereocenters. The molecule has 2 aliphatic rings. The van der Waals surface area contributed by atoms with Crippen molar-refractivity contribution in [1.29, 1.82) is 0 Å². The number of hydrogen-bond acceptors (Lipinski definition) is 3. The standard InChI is InChI=1S/C14H25N3OS/c1-11(13(15)19)14(18)17-8-4-12(5-9-17)10-16-6-2-3-7-16/h11-12H,2-10H2,1H3,(H2,15,19). The first-order chi connectivity index (χ1) is 9.08. The minimum absolute atomic E-state index is 0.104. The van der Waals surface area contributed by atoms with E-state index >= 15 is 0 Å². The molecule has 19 heavy (non-hydrogen) atoms. The van der Waals surface area contributed by atoms with Crippen LogP contribution in [-0.4, -0.2) is 53.4 Å². The van der Waals surface area contributed by atoms with E-state index in [0.29, 0.717) is 4.99 Å². The van der Waals surface area contributed by atoms with Crippen LogP contribution in [0.3, 0.4) is 0 Å². The third-order valence-electron chi connectivity index (χ3n) is 4.44. The van der Waals surface area contributed by atoms with Crippen LogP contribution in [0.2, 0.25) is 0 Å². The van der Waals surface area contributed by atoms with Crippen molar-refractivity contribution in [3.63, 3.8) is 0 Å². The highest BCUT2D eigenvalue weighted by Gasteiger charge is 2.28. The zero-order valence-electron chi connectivity index (χ0n) is 11.8. The van der Waals surface area contributed by atoms with Gasteiger partial charge in [0.1, 0.15) is 0 Å². The Labute approximate surface area is 121 Å². The molecule has 2 fully saturated rings. The Kier molecular flexibility index (Phi) is 5.16. The van der Waals surface area contributed by atoms with Crippen molar-refractivity contribution in [3.05, 3.63) is 0 Å². The van der Waals surface area contributed by atoms with Gasteiger partial charge in [-0.1, -0.05) is 12.2 Å². The van der Waals surface area contributed by atoms with E-state index in [1.807, 2.05) is 4.90 Å². The average Bonchev–Trinajstić information content (AvgIpc) is 2.90. The van der Waals surface area contributed by atoms with Crippen molar-refractivity contribution >= 4 is 23.1 Å². The van der Waals surface area contributed by atoms with Crippen LogP contribution in [0, 0.1) is 11.8 Å². The molecule has 1 unspecified atom stereocenters. The molecule has 0 aromatic rings. The van der Waals surface area contributed by atoms with Gasteiger partial charge in [-0.15, -0.1) is 0 Å². The minimum atomic E-state index is -0.315. The second kappa shape index (κ2) is 6.66. The number of likely N-dealkylation sites (tertiary alicyclic amines) is 2. The Balaban J connectivity index is 1.75. The van der Waals surface area contributed by atoms with Gasteiger partial charge in [-0.3, -0.25) is 4.79 Å². The Morgan fingerprint density at radius 1 is 1.26 bits per heavy atom. The number of rotatable bonds is 4. The Morgan fingerprint density at radius 2 is 1.84 bits per heavy atom. The van der Waals surface area contributed by atoms with Gasteiger partial charge in [-0.05, 0) is 51.6 Å². The van der Waals surface area contributed by atoms with E-state index in [0.717, 1.165) is 31.8 Å². The lowest BCUT2D eigenvalue weighted by Crippen LogP contribution is -2.45. The molecule has 0 radical (unpaired) electrons. The van der Waals surface area contributed by atoms with Crippen molar-refractivity contribution in [2.45, 2.75) is 32.6 Å². The molecule has 108 valence electrons. The van der Waals surface area contributed by atoms with E-state index in [9.17, 15) is 4.79 Å². The molecule has 0 aromatic heterocycles. The van der Waals surface area contributed by atoms with Crippen molar-refractivity contribution in [3.8, 4) is 0 Å². The van der Waals surface area contributed by atoms with Crippen molar-refractivity contribution < 1.29 is 4.79 Å². The predicted molar refractivity (Wildman–Crippen MR) is 80.9 cm³/mol. The molecular weight excluding hydrogens is 258 g/mol. The molecule has 4 nitrogen and oxygen atoms in total. The van der Waals surface area contributed by atoms with Gasteiger partial charge in [-0.25, -0.2) is 0 Å². The Morgan fingerprint density at radius 3 is 2.37 bits per heavy atom. The molecule has 2 aliphatic heterocycles. The number of carbonyl (C=O) groups is 1. The van der Waals surface area contributed by atoms with Gasteiger partial charge in [0, 0.05) is 19.6 Å². The number of carbonyl (C=O) groups excluding carboxylic acids is 1. The maximum absolute atomic E-state index is 12.1. The second-order valence-corrected chi connectivity index (χ2v) is 6.37. The van der Waals surface area contributed by atoms with Crippen LogP contribution in [0.15, 0.2) is 0 Å². The summed E-state index contributed by atoms with van der Waals surface area (Å²) in [5.41, 5.74) is 5.56. The van der Waals surface area contributed by atoms with Crippen LogP contribution in [0.4, 0.5) is 0 Å². The summed E-state index contributed by atoms with van der Waals surface area (Å²) in [6.45, 7) is 7.28.